The summed E-state index contributed by atoms with van der Waals surface area (Å²) in [6.07, 6.45) is 2.29. The van der Waals surface area contributed by atoms with E-state index < -0.39 is 0 Å². The fourth-order valence-electron chi connectivity index (χ4n) is 2.25. The Balaban J connectivity index is 1.78. The van der Waals surface area contributed by atoms with Gasteiger partial charge in [0.2, 0.25) is 0 Å². The standard InChI is InChI=1S/C13H18N2S2/c16-13(17)14-12-6-8-15(9-7-12)10-11-4-2-1-3-5-11/h1-5,12H,6-10H2,(H2,14,16,17). The van der Waals surface area contributed by atoms with E-state index in [1.165, 1.54) is 5.56 Å². The minimum Gasteiger partial charge on any atom is -0.368 e. The van der Waals surface area contributed by atoms with E-state index in [0.29, 0.717) is 10.4 Å². The molecule has 2 nitrogen and oxygen atoms in total. The second kappa shape index (κ2) is 6.38. The summed E-state index contributed by atoms with van der Waals surface area (Å²) in [5, 5.41) is 3.24. The van der Waals surface area contributed by atoms with Gasteiger partial charge in [-0.3, -0.25) is 4.90 Å². The zero-order valence-corrected chi connectivity index (χ0v) is 11.5. The van der Waals surface area contributed by atoms with Crippen LogP contribution in [0.3, 0.4) is 0 Å². The van der Waals surface area contributed by atoms with Crippen molar-refractivity contribution in [3.63, 3.8) is 0 Å². The van der Waals surface area contributed by atoms with Gasteiger partial charge in [0.15, 0.2) is 0 Å². The number of hydrogen-bond donors (Lipinski definition) is 2. The molecule has 1 fully saturated rings. The molecule has 17 heavy (non-hydrogen) atoms. The summed E-state index contributed by atoms with van der Waals surface area (Å²) in [5.41, 5.74) is 1.39. The summed E-state index contributed by atoms with van der Waals surface area (Å²) in [6.45, 7) is 3.31. The van der Waals surface area contributed by atoms with Crippen LogP contribution in [0.2, 0.25) is 0 Å². The lowest BCUT2D eigenvalue weighted by atomic mass is 10.0. The van der Waals surface area contributed by atoms with Gasteiger partial charge in [0, 0.05) is 25.7 Å². The normalized spacial score (nSPS) is 17.9. The van der Waals surface area contributed by atoms with E-state index >= 15 is 0 Å². The molecule has 0 atom stereocenters. The van der Waals surface area contributed by atoms with Crippen LogP contribution in [0.4, 0.5) is 0 Å². The topological polar surface area (TPSA) is 15.3 Å². The summed E-state index contributed by atoms with van der Waals surface area (Å²) in [7, 11) is 0. The van der Waals surface area contributed by atoms with Crippen molar-refractivity contribution in [1.82, 2.24) is 10.2 Å². The molecular weight excluding hydrogens is 248 g/mol. The van der Waals surface area contributed by atoms with Crippen LogP contribution < -0.4 is 5.32 Å². The highest BCUT2D eigenvalue weighted by Gasteiger charge is 2.18. The van der Waals surface area contributed by atoms with Crippen LogP contribution in [-0.2, 0) is 6.54 Å². The van der Waals surface area contributed by atoms with Gasteiger partial charge in [0.25, 0.3) is 0 Å². The van der Waals surface area contributed by atoms with Gasteiger partial charge in [0.1, 0.15) is 4.32 Å². The molecule has 2 rings (SSSR count). The Hall–Kier alpha value is -0.580. The zero-order chi connectivity index (χ0) is 12.1. The summed E-state index contributed by atoms with van der Waals surface area (Å²) in [4.78, 5) is 2.50. The molecule has 4 heteroatoms. The van der Waals surface area contributed by atoms with Crippen LogP contribution in [-0.4, -0.2) is 28.4 Å². The molecule has 0 aromatic heterocycles. The van der Waals surface area contributed by atoms with Crippen molar-refractivity contribution in [3.05, 3.63) is 35.9 Å². The van der Waals surface area contributed by atoms with E-state index in [4.69, 9.17) is 12.2 Å². The van der Waals surface area contributed by atoms with Crippen LogP contribution in [0.15, 0.2) is 30.3 Å². The van der Waals surface area contributed by atoms with Crippen molar-refractivity contribution in [2.24, 2.45) is 0 Å². The largest absolute Gasteiger partial charge is 0.368 e. The molecule has 1 aliphatic heterocycles. The lowest BCUT2D eigenvalue weighted by Crippen LogP contribution is -2.42. The molecule has 0 amide bonds. The zero-order valence-electron chi connectivity index (χ0n) is 9.80. The first kappa shape index (κ1) is 12.9. The van der Waals surface area contributed by atoms with E-state index in [9.17, 15) is 0 Å². The Bertz CT molecular complexity index is 359. The molecule has 1 aliphatic rings. The van der Waals surface area contributed by atoms with E-state index in [1.54, 1.807) is 0 Å². The van der Waals surface area contributed by atoms with Gasteiger partial charge in [-0.05, 0) is 18.4 Å². The number of hydrogen-bond acceptors (Lipinski definition) is 2. The Morgan fingerprint density at radius 1 is 1.29 bits per heavy atom. The van der Waals surface area contributed by atoms with Crippen LogP contribution in [0.5, 0.6) is 0 Å². The van der Waals surface area contributed by atoms with Crippen LogP contribution in [0, 0.1) is 0 Å². The van der Waals surface area contributed by atoms with E-state index in [-0.39, 0.29) is 0 Å². The molecule has 1 aromatic carbocycles. The molecule has 1 aromatic rings. The van der Waals surface area contributed by atoms with E-state index in [2.05, 4.69) is 53.2 Å². The average Bonchev–Trinajstić information content (AvgIpc) is 2.32. The molecular formula is C13H18N2S2. The number of thiol groups is 1. The Kier molecular flexibility index (Phi) is 4.83. The second-order valence-electron chi connectivity index (χ2n) is 4.49. The Labute approximate surface area is 114 Å². The molecule has 1 heterocycles. The van der Waals surface area contributed by atoms with Crippen molar-refractivity contribution in [2.75, 3.05) is 13.1 Å². The number of likely N-dealkylation sites (tertiary alicyclic amines) is 1. The monoisotopic (exact) mass is 266 g/mol. The minimum atomic E-state index is 0.507. The lowest BCUT2D eigenvalue weighted by molar-refractivity contribution is 0.199. The molecule has 0 bridgehead atoms. The quantitative estimate of drug-likeness (QED) is 0.646. The number of nitrogens with zero attached hydrogens (tertiary/aromatic N) is 1. The minimum absolute atomic E-state index is 0.507. The molecule has 0 unspecified atom stereocenters. The van der Waals surface area contributed by atoms with Crippen molar-refractivity contribution in [1.29, 1.82) is 0 Å². The van der Waals surface area contributed by atoms with E-state index in [1.807, 2.05) is 0 Å². The van der Waals surface area contributed by atoms with E-state index in [0.717, 1.165) is 32.5 Å². The predicted molar refractivity (Wildman–Crippen MR) is 79.5 cm³/mol. The third kappa shape index (κ3) is 4.30. The number of benzene rings is 1. The van der Waals surface area contributed by atoms with Crippen molar-refractivity contribution in [2.45, 2.75) is 25.4 Å². The fourth-order valence-corrected chi connectivity index (χ4v) is 2.60. The molecule has 0 aliphatic carbocycles. The van der Waals surface area contributed by atoms with Gasteiger partial charge in [0.05, 0.1) is 0 Å². The molecule has 1 N–H and O–H groups in total. The molecule has 0 spiro atoms. The smallest absolute Gasteiger partial charge is 0.130 e. The number of nitrogens with one attached hydrogen (secondary N) is 1. The highest BCUT2D eigenvalue weighted by atomic mass is 32.1. The first-order valence-electron chi connectivity index (χ1n) is 6.00. The molecule has 0 radical (unpaired) electrons. The predicted octanol–water partition coefficient (Wildman–Crippen LogP) is 2.46. The maximum Gasteiger partial charge on any atom is 0.130 e. The first-order valence-corrected chi connectivity index (χ1v) is 6.85. The van der Waals surface area contributed by atoms with Crippen LogP contribution in [0.25, 0.3) is 0 Å². The van der Waals surface area contributed by atoms with Crippen molar-refractivity contribution < 1.29 is 0 Å². The third-order valence-corrected chi connectivity index (χ3v) is 3.41. The number of rotatable bonds is 3. The van der Waals surface area contributed by atoms with Gasteiger partial charge in [-0.25, -0.2) is 0 Å². The Morgan fingerprint density at radius 2 is 1.94 bits per heavy atom. The van der Waals surface area contributed by atoms with Gasteiger partial charge in [-0.2, -0.15) is 0 Å². The average molecular weight is 266 g/mol. The van der Waals surface area contributed by atoms with Gasteiger partial charge >= 0.3 is 0 Å². The van der Waals surface area contributed by atoms with Crippen LogP contribution in [0.1, 0.15) is 18.4 Å². The third-order valence-electron chi connectivity index (χ3n) is 3.16. The highest BCUT2D eigenvalue weighted by Crippen LogP contribution is 2.14. The maximum atomic E-state index is 4.95. The summed E-state index contributed by atoms with van der Waals surface area (Å²) in [5.74, 6) is 0. The SMILES string of the molecule is S=C(S)NC1CCN(Cc2ccccc2)CC1. The second-order valence-corrected chi connectivity index (χ2v) is 5.64. The fraction of sp³-hybridized carbons (Fsp3) is 0.462. The molecule has 1 saturated heterocycles. The lowest BCUT2D eigenvalue weighted by Gasteiger charge is -2.32. The Morgan fingerprint density at radius 3 is 2.53 bits per heavy atom. The van der Waals surface area contributed by atoms with Crippen molar-refractivity contribution >= 4 is 29.2 Å². The first-order chi connectivity index (χ1) is 8.24. The maximum absolute atomic E-state index is 4.95. The van der Waals surface area contributed by atoms with Gasteiger partial charge in [-0.15, -0.1) is 12.6 Å². The van der Waals surface area contributed by atoms with Crippen molar-refractivity contribution in [3.8, 4) is 0 Å². The number of thiocarbonyl (C=S) groups is 1. The molecule has 92 valence electrons. The summed E-state index contributed by atoms with van der Waals surface area (Å²) >= 11 is 9.07. The molecule has 0 saturated carbocycles. The summed E-state index contributed by atoms with van der Waals surface area (Å²) < 4.78 is 0.617. The van der Waals surface area contributed by atoms with Gasteiger partial charge < -0.3 is 5.32 Å². The van der Waals surface area contributed by atoms with Gasteiger partial charge in [-0.1, -0.05) is 42.5 Å². The van der Waals surface area contributed by atoms with Crippen LogP contribution >= 0.6 is 24.8 Å². The number of piperidine rings is 1. The highest BCUT2D eigenvalue weighted by molar-refractivity contribution is 8.11. The summed E-state index contributed by atoms with van der Waals surface area (Å²) in [6, 6.07) is 11.1.